The fourth-order valence-electron chi connectivity index (χ4n) is 2.03. The van der Waals surface area contributed by atoms with Crippen LogP contribution in [0.4, 0.5) is 13.2 Å². The second kappa shape index (κ2) is 7.62. The number of hydrogen-bond donors (Lipinski definition) is 0. The number of ether oxygens (including phenoxy) is 2. The molecule has 1 aromatic heterocycles. The Morgan fingerprint density at radius 1 is 1.23 bits per heavy atom. The zero-order valence-corrected chi connectivity index (χ0v) is 15.5. The Kier molecular flexibility index (Phi) is 5.91. The van der Waals surface area contributed by atoms with Gasteiger partial charge in [0.1, 0.15) is 10.6 Å². The monoisotopic (exact) mass is 453 g/mol. The lowest BCUT2D eigenvalue weighted by atomic mass is 10.2. The lowest BCUT2D eigenvalue weighted by Gasteiger charge is -2.14. The summed E-state index contributed by atoms with van der Waals surface area (Å²) < 4.78 is 71.4. The minimum absolute atomic E-state index is 0.0150. The minimum atomic E-state index is -5.05. The van der Waals surface area contributed by atoms with Gasteiger partial charge >= 0.3 is 12.3 Å². The molecule has 0 fully saturated rings. The summed E-state index contributed by atoms with van der Waals surface area (Å²) in [5.41, 5.74) is 0.118. The average Bonchev–Trinajstić information content (AvgIpc) is 2.54. The molecular weight excluding hydrogens is 443 g/mol. The van der Waals surface area contributed by atoms with Gasteiger partial charge in [-0.3, -0.25) is 4.98 Å². The number of carbonyl (C=O) groups is 1. The van der Waals surface area contributed by atoms with Crippen LogP contribution in [0.5, 0.6) is 5.75 Å². The second-order valence-corrected chi connectivity index (χ2v) is 7.85. The number of hydrogen-bond acceptors (Lipinski definition) is 6. The van der Waals surface area contributed by atoms with Crippen LogP contribution in [0.25, 0.3) is 0 Å². The Labute approximate surface area is 155 Å². The predicted molar refractivity (Wildman–Crippen MR) is 87.3 cm³/mol. The van der Waals surface area contributed by atoms with Crippen LogP contribution in [0, 0.1) is 0 Å². The van der Waals surface area contributed by atoms with Gasteiger partial charge in [0.2, 0.25) is 0 Å². The Morgan fingerprint density at radius 2 is 1.92 bits per heavy atom. The highest BCUT2D eigenvalue weighted by molar-refractivity contribution is 9.10. The zero-order chi connectivity index (χ0) is 19.5. The molecule has 2 aromatic rings. The van der Waals surface area contributed by atoms with Crippen molar-refractivity contribution in [3.63, 3.8) is 0 Å². The number of pyridine rings is 1. The van der Waals surface area contributed by atoms with Crippen LogP contribution in [-0.4, -0.2) is 32.8 Å². The molecule has 0 radical (unpaired) electrons. The summed E-state index contributed by atoms with van der Waals surface area (Å²) in [6.45, 7) is 0. The molecule has 11 heteroatoms. The molecule has 1 aromatic carbocycles. The molecule has 6 nitrogen and oxygen atoms in total. The first-order chi connectivity index (χ1) is 12.0. The number of alkyl halides is 3. The second-order valence-electron chi connectivity index (χ2n) is 4.97. The van der Waals surface area contributed by atoms with Gasteiger partial charge in [0.15, 0.2) is 9.84 Å². The molecule has 0 aliphatic rings. The van der Waals surface area contributed by atoms with Crippen molar-refractivity contribution in [1.29, 1.82) is 0 Å². The molecule has 26 heavy (non-hydrogen) atoms. The molecule has 0 aliphatic carbocycles. The summed E-state index contributed by atoms with van der Waals surface area (Å²) in [6, 6.07) is 4.36. The number of rotatable bonds is 5. The van der Waals surface area contributed by atoms with Crippen LogP contribution >= 0.6 is 15.9 Å². The van der Waals surface area contributed by atoms with Gasteiger partial charge in [-0.2, -0.15) is 0 Å². The van der Waals surface area contributed by atoms with Gasteiger partial charge in [0.25, 0.3) is 0 Å². The smallest absolute Gasteiger partial charge is 0.465 e. The van der Waals surface area contributed by atoms with E-state index >= 15 is 0 Å². The standard InChI is InChI=1S/C15H11BrF3NO5S/c1-24-14(21)10-4-9(6-20-7-10)8-26(22,23)13-5-11(16)2-3-12(13)25-15(17,18)19/h2-7H,8H2,1H3. The Hall–Kier alpha value is -2.14. The number of methoxy groups -OCH3 is 1. The Balaban J connectivity index is 2.42. The third-order valence-corrected chi connectivity index (χ3v) is 5.23. The normalized spacial score (nSPS) is 11.9. The van der Waals surface area contributed by atoms with E-state index in [-0.39, 0.29) is 15.6 Å². The number of aromatic nitrogens is 1. The molecule has 0 saturated carbocycles. The van der Waals surface area contributed by atoms with Crippen LogP contribution in [0.2, 0.25) is 0 Å². The van der Waals surface area contributed by atoms with Crippen molar-refractivity contribution in [2.45, 2.75) is 17.0 Å². The molecule has 0 amide bonds. The SMILES string of the molecule is COC(=O)c1cncc(CS(=O)(=O)c2cc(Br)ccc2OC(F)(F)F)c1. The molecule has 0 atom stereocenters. The quantitative estimate of drug-likeness (QED) is 0.644. The predicted octanol–water partition coefficient (Wildman–Crippen LogP) is 3.50. The third kappa shape index (κ3) is 5.18. The lowest BCUT2D eigenvalue weighted by molar-refractivity contribution is -0.275. The zero-order valence-electron chi connectivity index (χ0n) is 13.1. The molecular formula is C15H11BrF3NO5S. The van der Waals surface area contributed by atoms with Gasteiger partial charge in [0, 0.05) is 16.9 Å². The van der Waals surface area contributed by atoms with Crippen LogP contribution in [0.3, 0.4) is 0 Å². The van der Waals surface area contributed by atoms with Crippen molar-refractivity contribution in [3.8, 4) is 5.75 Å². The van der Waals surface area contributed by atoms with Crippen molar-refractivity contribution in [1.82, 2.24) is 4.98 Å². The minimum Gasteiger partial charge on any atom is -0.465 e. The summed E-state index contributed by atoms with van der Waals surface area (Å²) in [7, 11) is -3.09. The molecule has 0 saturated heterocycles. The summed E-state index contributed by atoms with van der Waals surface area (Å²) in [4.78, 5) is 14.6. The van der Waals surface area contributed by atoms with Gasteiger partial charge in [-0.15, -0.1) is 13.2 Å². The summed E-state index contributed by atoms with van der Waals surface area (Å²) >= 11 is 3.02. The molecule has 0 N–H and O–H groups in total. The summed E-state index contributed by atoms with van der Waals surface area (Å²) in [6.07, 6.45) is -2.68. The summed E-state index contributed by atoms with van der Waals surface area (Å²) in [5.74, 6) is -2.26. The largest absolute Gasteiger partial charge is 0.573 e. The average molecular weight is 454 g/mol. The number of sulfone groups is 1. The van der Waals surface area contributed by atoms with Crippen molar-refractivity contribution in [2.75, 3.05) is 7.11 Å². The number of carbonyl (C=O) groups excluding carboxylic acids is 1. The van der Waals surface area contributed by atoms with E-state index in [0.717, 1.165) is 19.2 Å². The van der Waals surface area contributed by atoms with Gasteiger partial charge < -0.3 is 9.47 Å². The number of nitrogens with zero attached hydrogens (tertiary/aromatic N) is 1. The van der Waals surface area contributed by atoms with Crippen LogP contribution < -0.4 is 4.74 Å². The first-order valence-corrected chi connectivity index (χ1v) is 9.26. The number of benzene rings is 1. The first kappa shape index (κ1) is 20.2. The lowest BCUT2D eigenvalue weighted by Crippen LogP contribution is -2.19. The van der Waals surface area contributed by atoms with E-state index in [1.54, 1.807) is 0 Å². The van der Waals surface area contributed by atoms with Crippen molar-refractivity contribution in [2.24, 2.45) is 0 Å². The molecule has 0 unspecified atom stereocenters. The molecule has 1 heterocycles. The number of halogens is 4. The molecule has 2 rings (SSSR count). The van der Waals surface area contributed by atoms with E-state index in [1.807, 2.05) is 0 Å². The maximum atomic E-state index is 12.6. The molecule has 0 bridgehead atoms. The molecule has 0 spiro atoms. The fraction of sp³-hybridized carbons (Fsp3) is 0.200. The Morgan fingerprint density at radius 3 is 2.54 bits per heavy atom. The topological polar surface area (TPSA) is 82.6 Å². The van der Waals surface area contributed by atoms with Gasteiger partial charge in [-0.05, 0) is 29.8 Å². The van der Waals surface area contributed by atoms with E-state index in [0.29, 0.717) is 0 Å². The maximum absolute atomic E-state index is 12.6. The number of esters is 1. The first-order valence-electron chi connectivity index (χ1n) is 6.82. The highest BCUT2D eigenvalue weighted by Crippen LogP contribution is 2.33. The summed E-state index contributed by atoms with van der Waals surface area (Å²) in [5, 5.41) is 0. The fourth-order valence-corrected chi connectivity index (χ4v) is 4.01. The van der Waals surface area contributed by atoms with Gasteiger partial charge in [-0.25, -0.2) is 13.2 Å². The van der Waals surface area contributed by atoms with E-state index in [9.17, 15) is 26.4 Å². The third-order valence-electron chi connectivity index (χ3n) is 3.04. The Bertz CT molecular complexity index is 931. The van der Waals surface area contributed by atoms with E-state index < -0.39 is 38.6 Å². The highest BCUT2D eigenvalue weighted by atomic mass is 79.9. The molecule has 140 valence electrons. The van der Waals surface area contributed by atoms with Crippen LogP contribution in [-0.2, 0) is 20.3 Å². The van der Waals surface area contributed by atoms with Crippen LogP contribution in [0.15, 0.2) is 46.0 Å². The van der Waals surface area contributed by atoms with Gasteiger partial charge in [-0.1, -0.05) is 15.9 Å². The molecule has 0 aliphatic heterocycles. The van der Waals surface area contributed by atoms with Gasteiger partial charge in [0.05, 0.1) is 18.4 Å². The van der Waals surface area contributed by atoms with Crippen molar-refractivity contribution < 1.29 is 35.9 Å². The van der Waals surface area contributed by atoms with Crippen LogP contribution in [0.1, 0.15) is 15.9 Å². The maximum Gasteiger partial charge on any atom is 0.573 e. The van der Waals surface area contributed by atoms with E-state index in [2.05, 4.69) is 30.4 Å². The highest BCUT2D eigenvalue weighted by Gasteiger charge is 2.34. The van der Waals surface area contributed by atoms with Crippen molar-refractivity contribution in [3.05, 3.63) is 52.3 Å². The van der Waals surface area contributed by atoms with E-state index in [1.165, 1.54) is 24.5 Å². The van der Waals surface area contributed by atoms with Crippen molar-refractivity contribution >= 4 is 31.7 Å². The van der Waals surface area contributed by atoms with E-state index in [4.69, 9.17) is 0 Å².